The van der Waals surface area contributed by atoms with Crippen LogP contribution in [0.3, 0.4) is 0 Å². The Morgan fingerprint density at radius 2 is 1.51 bits per heavy atom. The molecule has 2 bridgehead atoms. The number of esters is 2. The van der Waals surface area contributed by atoms with Crippen LogP contribution in [-0.2, 0) is 33.0 Å². The monoisotopic (exact) mass is 552 g/mol. The summed E-state index contributed by atoms with van der Waals surface area (Å²) in [6.45, 7) is 13.0. The molecule has 7 nitrogen and oxygen atoms in total. The Hall–Kier alpha value is -2.52. The third kappa shape index (κ3) is 4.27. The van der Waals surface area contributed by atoms with Crippen LogP contribution >= 0.6 is 0 Å². The average Bonchev–Trinajstić information content (AvgIpc) is 3.21. The Kier molecular flexibility index (Phi) is 7.07. The lowest BCUT2D eigenvalue weighted by molar-refractivity contribution is -0.247. The van der Waals surface area contributed by atoms with Gasteiger partial charge in [-0.15, -0.1) is 0 Å². The lowest BCUT2D eigenvalue weighted by Crippen LogP contribution is -2.67. The number of carbonyl (C=O) groups excluding carboxylic acids is 2. The van der Waals surface area contributed by atoms with E-state index in [-0.39, 0.29) is 30.3 Å². The molecule has 1 aliphatic carbocycles. The second-order valence-electron chi connectivity index (χ2n) is 12.8. The first-order valence-electron chi connectivity index (χ1n) is 13.8. The van der Waals surface area contributed by atoms with Crippen LogP contribution in [0.4, 0.5) is 0 Å². The molecule has 2 aromatic rings. The lowest BCUT2D eigenvalue weighted by Gasteiger charge is -2.44. The summed E-state index contributed by atoms with van der Waals surface area (Å²) in [5.41, 5.74) is -2.65. The number of benzene rings is 2. The number of hydrogen-bond acceptors (Lipinski definition) is 7. The summed E-state index contributed by atoms with van der Waals surface area (Å²) in [4.78, 5) is 25.9. The summed E-state index contributed by atoms with van der Waals surface area (Å²) < 4.78 is 30.4. The van der Waals surface area contributed by atoms with Gasteiger partial charge >= 0.3 is 11.9 Å². The molecule has 3 aliphatic rings. The van der Waals surface area contributed by atoms with Gasteiger partial charge in [-0.25, -0.2) is 4.79 Å². The van der Waals surface area contributed by atoms with E-state index >= 15 is 0 Å². The van der Waals surface area contributed by atoms with Crippen molar-refractivity contribution < 1.29 is 33.0 Å². The molecule has 4 atom stereocenters. The fourth-order valence-electron chi connectivity index (χ4n) is 6.59. The van der Waals surface area contributed by atoms with Crippen LogP contribution in [0.25, 0.3) is 0 Å². The molecule has 0 radical (unpaired) electrons. The van der Waals surface area contributed by atoms with E-state index in [4.69, 9.17) is 23.4 Å². The summed E-state index contributed by atoms with van der Waals surface area (Å²) >= 11 is 0. The quantitative estimate of drug-likeness (QED) is 0.380. The normalized spacial score (nSPS) is 30.2. The van der Waals surface area contributed by atoms with Gasteiger partial charge in [-0.1, -0.05) is 95.3 Å². The predicted octanol–water partition coefficient (Wildman–Crippen LogP) is 3.97. The van der Waals surface area contributed by atoms with E-state index in [2.05, 4.69) is 69.3 Å². The van der Waals surface area contributed by atoms with E-state index in [0.29, 0.717) is 19.4 Å². The van der Waals surface area contributed by atoms with Crippen molar-refractivity contribution in [3.8, 4) is 0 Å². The van der Waals surface area contributed by atoms with E-state index in [1.807, 2.05) is 32.9 Å². The maximum atomic E-state index is 13.3. The Balaban J connectivity index is 1.26. The molecule has 0 amide bonds. The Morgan fingerprint density at radius 1 is 0.923 bits per heavy atom. The van der Waals surface area contributed by atoms with Crippen molar-refractivity contribution >= 4 is 30.6 Å². The van der Waals surface area contributed by atoms with Gasteiger partial charge in [0.15, 0.2) is 0 Å². The van der Waals surface area contributed by atoms with Gasteiger partial charge in [0.2, 0.25) is 11.9 Å². The highest BCUT2D eigenvalue weighted by atomic mass is 28.4. The maximum absolute atomic E-state index is 13.3. The molecule has 2 aromatic carbocycles. The van der Waals surface area contributed by atoms with Crippen LogP contribution in [0.2, 0.25) is 5.04 Å². The number of carbonyl (C=O) groups is 2. The van der Waals surface area contributed by atoms with Gasteiger partial charge in [0.25, 0.3) is 8.32 Å². The summed E-state index contributed by atoms with van der Waals surface area (Å²) in [5.74, 6) is -0.894. The van der Waals surface area contributed by atoms with Gasteiger partial charge in [0.05, 0.1) is 18.6 Å². The standard InChI is InChI=1S/C31H40O7Si/c1-28(2,3)39(23-13-9-7-10-14-23,24-15-11-8-12-16-24)36-20-22-19-35-25(21-34-22)37-27(33)31-18-17-30(6,26(32)38-31)29(31,4)5/h7-16,22,25H,17-21H2,1-6H3/t22-,25+,30+,31-/m1/s1. The first-order chi connectivity index (χ1) is 18.4. The fourth-order valence-corrected chi connectivity index (χ4v) is 11.2. The number of rotatable bonds is 7. The Labute approximate surface area is 232 Å². The minimum Gasteiger partial charge on any atom is -0.446 e. The first kappa shape index (κ1) is 28.0. The van der Waals surface area contributed by atoms with E-state index in [9.17, 15) is 9.59 Å². The Bertz CT molecular complexity index is 1160. The van der Waals surface area contributed by atoms with Crippen molar-refractivity contribution in [1.29, 1.82) is 0 Å². The number of fused-ring (bicyclic) bond motifs is 2. The van der Waals surface area contributed by atoms with E-state index in [0.717, 1.165) is 0 Å². The van der Waals surface area contributed by atoms with Crippen molar-refractivity contribution in [3.63, 3.8) is 0 Å². The third-order valence-corrected chi connectivity index (χ3v) is 14.5. The van der Waals surface area contributed by atoms with Crippen molar-refractivity contribution in [2.24, 2.45) is 10.8 Å². The summed E-state index contributed by atoms with van der Waals surface area (Å²) in [6.07, 6.45) is -0.130. The molecule has 5 rings (SSSR count). The smallest absolute Gasteiger partial charge is 0.353 e. The fraction of sp³-hybridized carbons (Fsp3) is 0.548. The molecule has 2 aliphatic heterocycles. The van der Waals surface area contributed by atoms with E-state index in [1.54, 1.807) is 0 Å². The first-order valence-corrected chi connectivity index (χ1v) is 15.7. The highest BCUT2D eigenvalue weighted by molar-refractivity contribution is 6.99. The average molecular weight is 553 g/mol. The molecule has 0 spiro atoms. The summed E-state index contributed by atoms with van der Waals surface area (Å²) in [5, 5.41) is 2.25. The summed E-state index contributed by atoms with van der Waals surface area (Å²) in [7, 11) is -2.70. The van der Waals surface area contributed by atoms with Gasteiger partial charge in [-0.2, -0.15) is 0 Å². The highest BCUT2D eigenvalue weighted by Gasteiger charge is 2.76. The molecule has 39 heavy (non-hydrogen) atoms. The zero-order chi connectivity index (χ0) is 28.1. The van der Waals surface area contributed by atoms with Gasteiger partial charge in [0, 0.05) is 5.41 Å². The molecular formula is C31H40O7Si. The highest BCUT2D eigenvalue weighted by Crippen LogP contribution is 2.65. The minimum absolute atomic E-state index is 0.0856. The molecule has 2 heterocycles. The molecule has 2 saturated heterocycles. The third-order valence-electron chi connectivity index (χ3n) is 9.49. The van der Waals surface area contributed by atoms with Gasteiger partial charge in [-0.3, -0.25) is 4.79 Å². The number of ether oxygens (including phenoxy) is 4. The molecule has 8 heteroatoms. The zero-order valence-corrected chi connectivity index (χ0v) is 24.8. The van der Waals surface area contributed by atoms with Gasteiger partial charge < -0.3 is 23.4 Å². The number of hydrogen-bond donors (Lipinski definition) is 0. The molecule has 210 valence electrons. The van der Waals surface area contributed by atoms with Crippen molar-refractivity contribution in [2.45, 2.75) is 77.4 Å². The molecule has 3 fully saturated rings. The van der Waals surface area contributed by atoms with E-state index in [1.165, 1.54) is 10.4 Å². The van der Waals surface area contributed by atoms with Crippen LogP contribution in [0.5, 0.6) is 0 Å². The van der Waals surface area contributed by atoms with Crippen molar-refractivity contribution in [3.05, 3.63) is 60.7 Å². The molecular weight excluding hydrogens is 512 g/mol. The second-order valence-corrected chi connectivity index (χ2v) is 17.1. The predicted molar refractivity (Wildman–Crippen MR) is 149 cm³/mol. The molecule has 0 unspecified atom stereocenters. The lowest BCUT2D eigenvalue weighted by atomic mass is 9.66. The van der Waals surface area contributed by atoms with Crippen LogP contribution < -0.4 is 10.4 Å². The van der Waals surface area contributed by atoms with Crippen LogP contribution in [-0.4, -0.2) is 58.1 Å². The van der Waals surface area contributed by atoms with Gasteiger partial charge in [0.1, 0.15) is 12.7 Å². The SMILES string of the molecule is CC1(C)[C@@]2(C)CC[C@]1(C(=O)O[C@H]1CO[C@@H](CO[Si](c3ccccc3)(c3ccccc3)C(C)(C)C)CO1)OC2=O. The van der Waals surface area contributed by atoms with E-state index < -0.39 is 37.0 Å². The second kappa shape index (κ2) is 9.84. The molecule has 0 N–H and O–H groups in total. The van der Waals surface area contributed by atoms with Crippen LogP contribution in [0.15, 0.2) is 60.7 Å². The molecule has 0 aromatic heterocycles. The topological polar surface area (TPSA) is 80.3 Å². The van der Waals surface area contributed by atoms with Crippen molar-refractivity contribution in [2.75, 3.05) is 19.8 Å². The Morgan fingerprint density at radius 3 is 1.95 bits per heavy atom. The van der Waals surface area contributed by atoms with Crippen LogP contribution in [0, 0.1) is 10.8 Å². The maximum Gasteiger partial charge on any atom is 0.353 e. The van der Waals surface area contributed by atoms with Gasteiger partial charge in [-0.05, 0) is 35.2 Å². The largest absolute Gasteiger partial charge is 0.446 e. The minimum atomic E-state index is -2.70. The zero-order valence-electron chi connectivity index (χ0n) is 23.8. The summed E-state index contributed by atoms with van der Waals surface area (Å²) in [6, 6.07) is 20.9. The van der Waals surface area contributed by atoms with Crippen molar-refractivity contribution in [1.82, 2.24) is 0 Å². The molecule has 1 saturated carbocycles. The van der Waals surface area contributed by atoms with Crippen LogP contribution in [0.1, 0.15) is 54.4 Å².